The Bertz CT molecular complexity index is 248. The SMILES string of the molecule is CCO[Si](OCC)(OCC)C(C)CNC(=O)CCCO. The van der Waals surface area contributed by atoms with Gasteiger partial charge in [-0.05, 0) is 27.2 Å². The van der Waals surface area contributed by atoms with Gasteiger partial charge < -0.3 is 23.7 Å². The normalized spacial score (nSPS) is 13.2. The molecule has 120 valence electrons. The number of carbonyl (C=O) groups excluding carboxylic acids is 1. The Hall–Kier alpha value is -0.473. The Balaban J connectivity index is 4.52. The van der Waals surface area contributed by atoms with Crippen molar-refractivity contribution >= 4 is 14.7 Å². The van der Waals surface area contributed by atoms with Crippen LogP contribution in [0.5, 0.6) is 0 Å². The molecule has 0 heterocycles. The molecule has 0 saturated heterocycles. The molecule has 0 saturated carbocycles. The molecular formula is C13H29NO5Si. The molecule has 0 aromatic carbocycles. The average molecular weight is 307 g/mol. The number of amides is 1. The van der Waals surface area contributed by atoms with E-state index in [1.807, 2.05) is 27.7 Å². The first-order valence-corrected chi connectivity index (χ1v) is 9.15. The van der Waals surface area contributed by atoms with E-state index in [0.717, 1.165) is 0 Å². The van der Waals surface area contributed by atoms with Crippen molar-refractivity contribution in [3.8, 4) is 0 Å². The number of rotatable bonds is 12. The molecule has 6 nitrogen and oxygen atoms in total. The summed E-state index contributed by atoms with van der Waals surface area (Å²) < 4.78 is 17.4. The van der Waals surface area contributed by atoms with E-state index in [9.17, 15) is 4.79 Å². The van der Waals surface area contributed by atoms with E-state index in [1.165, 1.54) is 0 Å². The van der Waals surface area contributed by atoms with Crippen molar-refractivity contribution in [1.82, 2.24) is 5.32 Å². The summed E-state index contributed by atoms with van der Waals surface area (Å²) in [4.78, 5) is 11.6. The summed E-state index contributed by atoms with van der Waals surface area (Å²) in [5.41, 5.74) is -0.0135. The first-order chi connectivity index (χ1) is 9.56. The third-order valence-electron chi connectivity index (χ3n) is 2.81. The van der Waals surface area contributed by atoms with Gasteiger partial charge in [0, 0.05) is 44.9 Å². The van der Waals surface area contributed by atoms with Gasteiger partial charge in [-0.1, -0.05) is 6.92 Å². The molecule has 0 aromatic rings. The maximum atomic E-state index is 11.6. The fourth-order valence-electron chi connectivity index (χ4n) is 1.88. The van der Waals surface area contributed by atoms with Crippen molar-refractivity contribution in [2.75, 3.05) is 33.0 Å². The minimum absolute atomic E-state index is 0.0135. The molecule has 7 heteroatoms. The molecule has 0 rings (SSSR count). The van der Waals surface area contributed by atoms with Crippen molar-refractivity contribution in [2.45, 2.75) is 46.1 Å². The van der Waals surface area contributed by atoms with Gasteiger partial charge in [0.05, 0.1) is 0 Å². The fraction of sp³-hybridized carbons (Fsp3) is 0.923. The van der Waals surface area contributed by atoms with E-state index in [4.69, 9.17) is 18.4 Å². The summed E-state index contributed by atoms with van der Waals surface area (Å²) in [6.45, 7) is 9.75. The lowest BCUT2D eigenvalue weighted by Crippen LogP contribution is -2.52. The van der Waals surface area contributed by atoms with Crippen LogP contribution in [0.15, 0.2) is 0 Å². The summed E-state index contributed by atoms with van der Waals surface area (Å²) >= 11 is 0. The van der Waals surface area contributed by atoms with E-state index in [1.54, 1.807) is 0 Å². The van der Waals surface area contributed by atoms with Crippen LogP contribution in [0.25, 0.3) is 0 Å². The van der Waals surface area contributed by atoms with E-state index in [0.29, 0.717) is 39.2 Å². The number of carbonyl (C=O) groups is 1. The number of hydrogen-bond acceptors (Lipinski definition) is 5. The lowest BCUT2D eigenvalue weighted by atomic mass is 10.3. The highest BCUT2D eigenvalue weighted by atomic mass is 28.4. The van der Waals surface area contributed by atoms with Crippen molar-refractivity contribution < 1.29 is 23.2 Å². The zero-order valence-corrected chi connectivity index (χ0v) is 14.1. The van der Waals surface area contributed by atoms with Crippen molar-refractivity contribution in [2.24, 2.45) is 0 Å². The topological polar surface area (TPSA) is 77.0 Å². The Morgan fingerprint density at radius 2 is 1.65 bits per heavy atom. The second-order valence-corrected chi connectivity index (χ2v) is 7.49. The van der Waals surface area contributed by atoms with E-state index >= 15 is 0 Å². The van der Waals surface area contributed by atoms with Crippen LogP contribution in [0, 0.1) is 0 Å². The lowest BCUT2D eigenvalue weighted by Gasteiger charge is -2.33. The zero-order valence-electron chi connectivity index (χ0n) is 13.1. The Morgan fingerprint density at radius 1 is 1.15 bits per heavy atom. The highest BCUT2D eigenvalue weighted by Gasteiger charge is 2.46. The second-order valence-electron chi connectivity index (χ2n) is 4.43. The van der Waals surface area contributed by atoms with Crippen LogP contribution >= 0.6 is 0 Å². The quantitative estimate of drug-likeness (QED) is 0.532. The third kappa shape index (κ3) is 6.80. The molecule has 1 amide bonds. The van der Waals surface area contributed by atoms with Gasteiger partial charge in [-0.15, -0.1) is 0 Å². The molecule has 0 spiro atoms. The summed E-state index contributed by atoms with van der Waals surface area (Å²) in [5.74, 6) is -0.0710. The van der Waals surface area contributed by atoms with Crippen LogP contribution in [-0.2, 0) is 18.1 Å². The summed E-state index contributed by atoms with van der Waals surface area (Å²) in [5, 5.41) is 11.5. The largest absolute Gasteiger partial charge is 0.505 e. The van der Waals surface area contributed by atoms with Crippen molar-refractivity contribution in [1.29, 1.82) is 0 Å². The second kappa shape index (κ2) is 11.2. The van der Waals surface area contributed by atoms with Crippen LogP contribution in [0.2, 0.25) is 5.54 Å². The number of nitrogens with one attached hydrogen (secondary N) is 1. The monoisotopic (exact) mass is 307 g/mol. The van der Waals surface area contributed by atoms with E-state index < -0.39 is 8.80 Å². The van der Waals surface area contributed by atoms with Gasteiger partial charge in [0.1, 0.15) is 0 Å². The van der Waals surface area contributed by atoms with E-state index in [2.05, 4.69) is 5.32 Å². The molecule has 0 radical (unpaired) electrons. The molecule has 0 fully saturated rings. The minimum Gasteiger partial charge on any atom is -0.396 e. The summed E-state index contributed by atoms with van der Waals surface area (Å²) in [6, 6.07) is 0. The first kappa shape index (κ1) is 19.5. The molecule has 0 aliphatic heterocycles. The predicted molar refractivity (Wildman–Crippen MR) is 79.4 cm³/mol. The van der Waals surface area contributed by atoms with Crippen LogP contribution in [0.1, 0.15) is 40.5 Å². The molecule has 0 aromatic heterocycles. The van der Waals surface area contributed by atoms with Crippen molar-refractivity contribution in [3.05, 3.63) is 0 Å². The van der Waals surface area contributed by atoms with Gasteiger partial charge in [0.25, 0.3) is 0 Å². The number of aliphatic hydroxyl groups excluding tert-OH is 1. The number of aliphatic hydroxyl groups is 1. The van der Waals surface area contributed by atoms with Gasteiger partial charge in [0.2, 0.25) is 5.91 Å². The van der Waals surface area contributed by atoms with Crippen LogP contribution < -0.4 is 5.32 Å². The Kier molecular flexibility index (Phi) is 10.9. The lowest BCUT2D eigenvalue weighted by molar-refractivity contribution is -0.121. The van der Waals surface area contributed by atoms with E-state index in [-0.39, 0.29) is 18.1 Å². The molecule has 0 aliphatic carbocycles. The van der Waals surface area contributed by atoms with Crippen molar-refractivity contribution in [3.63, 3.8) is 0 Å². The molecule has 2 N–H and O–H groups in total. The average Bonchev–Trinajstić information content (AvgIpc) is 2.43. The maximum Gasteiger partial charge on any atom is 0.505 e. The van der Waals surface area contributed by atoms with Gasteiger partial charge in [0.15, 0.2) is 0 Å². The molecule has 1 unspecified atom stereocenters. The summed E-state index contributed by atoms with van der Waals surface area (Å²) in [6.07, 6.45) is 0.806. The Labute approximate surface area is 123 Å². The highest BCUT2D eigenvalue weighted by molar-refractivity contribution is 6.62. The van der Waals surface area contributed by atoms with Gasteiger partial charge in [-0.25, -0.2) is 0 Å². The summed E-state index contributed by atoms with van der Waals surface area (Å²) in [7, 11) is -2.76. The third-order valence-corrected chi connectivity index (χ3v) is 6.29. The standard InChI is InChI=1S/C13H29NO5Si/c1-5-17-20(18-6-2,19-7-3)12(4)11-14-13(16)9-8-10-15/h12,15H,5-11H2,1-4H3,(H,14,16). The van der Waals surface area contributed by atoms with Gasteiger partial charge in [-0.3, -0.25) is 4.79 Å². The molecule has 20 heavy (non-hydrogen) atoms. The van der Waals surface area contributed by atoms with Gasteiger partial charge >= 0.3 is 8.80 Å². The minimum atomic E-state index is -2.76. The smallest absolute Gasteiger partial charge is 0.396 e. The highest BCUT2D eigenvalue weighted by Crippen LogP contribution is 2.25. The molecular weight excluding hydrogens is 278 g/mol. The van der Waals surface area contributed by atoms with Crippen LogP contribution in [-0.4, -0.2) is 52.8 Å². The Morgan fingerprint density at radius 3 is 2.05 bits per heavy atom. The van der Waals surface area contributed by atoms with Gasteiger partial charge in [-0.2, -0.15) is 0 Å². The molecule has 0 aliphatic rings. The fourth-order valence-corrected chi connectivity index (χ4v) is 4.54. The zero-order chi connectivity index (χ0) is 15.4. The molecule has 0 bridgehead atoms. The number of hydrogen-bond donors (Lipinski definition) is 2. The maximum absolute atomic E-state index is 11.6. The first-order valence-electron chi connectivity index (χ1n) is 7.35. The van der Waals surface area contributed by atoms with Crippen LogP contribution in [0.4, 0.5) is 0 Å². The predicted octanol–water partition coefficient (Wildman–Crippen LogP) is 1.31. The molecule has 1 atom stereocenters. The van der Waals surface area contributed by atoms with Crippen LogP contribution in [0.3, 0.4) is 0 Å².